The highest BCUT2D eigenvalue weighted by atomic mass is 79.9. The number of terminal acetylenes is 1. The SMILES string of the molecule is C#CCOc1cc(Br)c(/C=C2/SC(=O)N(CC(=O)Nc3ccc(C)cc3)C2=O)cc1OC. The van der Waals surface area contributed by atoms with Crippen LogP contribution in [0.1, 0.15) is 11.1 Å². The fourth-order valence-corrected chi connectivity index (χ4v) is 4.08. The first kappa shape index (κ1) is 23.4. The van der Waals surface area contributed by atoms with Crippen LogP contribution >= 0.6 is 27.7 Å². The molecule has 9 heteroatoms. The van der Waals surface area contributed by atoms with Gasteiger partial charge in [0.05, 0.1) is 12.0 Å². The monoisotopic (exact) mass is 514 g/mol. The van der Waals surface area contributed by atoms with Gasteiger partial charge in [0.2, 0.25) is 5.91 Å². The summed E-state index contributed by atoms with van der Waals surface area (Å²) in [7, 11) is 1.48. The first-order valence-electron chi connectivity index (χ1n) is 9.38. The second-order valence-electron chi connectivity index (χ2n) is 6.70. The largest absolute Gasteiger partial charge is 0.493 e. The Kier molecular flexibility index (Phi) is 7.62. The van der Waals surface area contributed by atoms with Gasteiger partial charge in [0.1, 0.15) is 13.2 Å². The van der Waals surface area contributed by atoms with E-state index in [4.69, 9.17) is 15.9 Å². The molecule has 0 saturated carbocycles. The van der Waals surface area contributed by atoms with Gasteiger partial charge in [0, 0.05) is 10.2 Å². The molecule has 1 aliphatic heterocycles. The maximum Gasteiger partial charge on any atom is 0.294 e. The van der Waals surface area contributed by atoms with E-state index in [1.54, 1.807) is 30.3 Å². The van der Waals surface area contributed by atoms with Crippen molar-refractivity contribution in [3.63, 3.8) is 0 Å². The highest BCUT2D eigenvalue weighted by Gasteiger charge is 2.36. The Morgan fingerprint density at radius 2 is 1.97 bits per heavy atom. The van der Waals surface area contributed by atoms with Crippen molar-refractivity contribution in [2.24, 2.45) is 0 Å². The molecule has 1 aliphatic rings. The van der Waals surface area contributed by atoms with E-state index in [-0.39, 0.29) is 18.1 Å². The van der Waals surface area contributed by atoms with Crippen LogP contribution in [0.15, 0.2) is 45.8 Å². The molecular weight excluding hydrogens is 496 g/mol. The number of hydrogen-bond acceptors (Lipinski definition) is 6. The Hall–Kier alpha value is -3.22. The molecule has 0 atom stereocenters. The zero-order valence-corrected chi connectivity index (χ0v) is 19.7. The van der Waals surface area contributed by atoms with Crippen molar-refractivity contribution in [3.8, 4) is 23.8 Å². The molecule has 0 bridgehead atoms. The zero-order chi connectivity index (χ0) is 23.3. The quantitative estimate of drug-likeness (QED) is 0.433. The summed E-state index contributed by atoms with van der Waals surface area (Å²) in [6, 6.07) is 10.5. The number of nitrogens with one attached hydrogen (secondary N) is 1. The van der Waals surface area contributed by atoms with Crippen molar-refractivity contribution < 1.29 is 23.9 Å². The highest BCUT2D eigenvalue weighted by molar-refractivity contribution is 9.10. The maximum absolute atomic E-state index is 12.8. The Bertz CT molecular complexity index is 1140. The smallest absolute Gasteiger partial charge is 0.294 e. The van der Waals surface area contributed by atoms with Crippen LogP contribution in [0.4, 0.5) is 10.5 Å². The molecule has 1 saturated heterocycles. The molecule has 3 amide bonds. The van der Waals surface area contributed by atoms with E-state index in [2.05, 4.69) is 27.2 Å². The second kappa shape index (κ2) is 10.4. The molecule has 1 N–H and O–H groups in total. The summed E-state index contributed by atoms with van der Waals surface area (Å²) in [4.78, 5) is 38.6. The number of benzene rings is 2. The van der Waals surface area contributed by atoms with E-state index in [1.807, 2.05) is 19.1 Å². The van der Waals surface area contributed by atoms with Crippen molar-refractivity contribution in [2.75, 3.05) is 25.6 Å². The summed E-state index contributed by atoms with van der Waals surface area (Å²) in [6.45, 7) is 1.63. The van der Waals surface area contributed by atoms with Crippen molar-refractivity contribution in [1.82, 2.24) is 4.90 Å². The van der Waals surface area contributed by atoms with Crippen LogP contribution in [-0.2, 0) is 9.59 Å². The van der Waals surface area contributed by atoms with Crippen LogP contribution in [0.25, 0.3) is 6.08 Å². The van der Waals surface area contributed by atoms with Crippen molar-refractivity contribution in [3.05, 3.63) is 56.9 Å². The van der Waals surface area contributed by atoms with E-state index in [0.717, 1.165) is 22.2 Å². The molecule has 0 radical (unpaired) electrons. The van der Waals surface area contributed by atoms with Gasteiger partial charge in [-0.1, -0.05) is 39.5 Å². The van der Waals surface area contributed by atoms with E-state index in [1.165, 1.54) is 7.11 Å². The number of ether oxygens (including phenoxy) is 2. The van der Waals surface area contributed by atoms with E-state index >= 15 is 0 Å². The van der Waals surface area contributed by atoms with Gasteiger partial charge in [-0.3, -0.25) is 19.3 Å². The summed E-state index contributed by atoms with van der Waals surface area (Å²) in [5.74, 6) is 2.24. The van der Waals surface area contributed by atoms with Gasteiger partial charge in [-0.15, -0.1) is 6.42 Å². The minimum Gasteiger partial charge on any atom is -0.493 e. The first-order chi connectivity index (χ1) is 15.3. The van der Waals surface area contributed by atoms with E-state index < -0.39 is 17.1 Å². The lowest BCUT2D eigenvalue weighted by Crippen LogP contribution is -2.36. The van der Waals surface area contributed by atoms with Crippen molar-refractivity contribution in [1.29, 1.82) is 0 Å². The topological polar surface area (TPSA) is 84.9 Å². The molecule has 164 valence electrons. The summed E-state index contributed by atoms with van der Waals surface area (Å²) in [5, 5.41) is 2.17. The van der Waals surface area contributed by atoms with Gasteiger partial charge in [-0.2, -0.15) is 0 Å². The number of halogens is 1. The molecule has 3 rings (SSSR count). The lowest BCUT2D eigenvalue weighted by Gasteiger charge is -2.13. The van der Waals surface area contributed by atoms with Crippen LogP contribution in [0.3, 0.4) is 0 Å². The third-order valence-electron chi connectivity index (χ3n) is 4.39. The molecule has 1 heterocycles. The lowest BCUT2D eigenvalue weighted by atomic mass is 10.2. The minimum absolute atomic E-state index is 0.0751. The van der Waals surface area contributed by atoms with Crippen LogP contribution in [0, 0.1) is 19.3 Å². The van der Waals surface area contributed by atoms with Gasteiger partial charge < -0.3 is 14.8 Å². The molecule has 2 aromatic rings. The van der Waals surface area contributed by atoms with E-state index in [0.29, 0.717) is 27.2 Å². The Labute approximate surface area is 198 Å². The molecule has 32 heavy (non-hydrogen) atoms. The van der Waals surface area contributed by atoms with E-state index in [9.17, 15) is 14.4 Å². The summed E-state index contributed by atoms with van der Waals surface area (Å²) in [5.41, 5.74) is 2.24. The second-order valence-corrected chi connectivity index (χ2v) is 8.55. The number of aryl methyl sites for hydroxylation is 1. The average molecular weight is 515 g/mol. The molecule has 0 spiro atoms. The van der Waals surface area contributed by atoms with Crippen molar-refractivity contribution in [2.45, 2.75) is 6.92 Å². The van der Waals surface area contributed by atoms with Crippen molar-refractivity contribution >= 4 is 56.5 Å². The predicted octanol–water partition coefficient (Wildman–Crippen LogP) is 4.45. The fourth-order valence-electron chi connectivity index (χ4n) is 2.81. The molecule has 0 aliphatic carbocycles. The number of amides is 3. The fraction of sp³-hybridized carbons (Fsp3) is 0.174. The molecule has 1 fully saturated rings. The first-order valence-corrected chi connectivity index (χ1v) is 11.0. The molecule has 0 aromatic heterocycles. The number of nitrogens with zero attached hydrogens (tertiary/aromatic N) is 1. The van der Waals surface area contributed by atoms with Crippen LogP contribution in [0.2, 0.25) is 0 Å². The summed E-state index contributed by atoms with van der Waals surface area (Å²) >= 11 is 4.19. The van der Waals surface area contributed by atoms with Crippen LogP contribution in [0.5, 0.6) is 11.5 Å². The van der Waals surface area contributed by atoms with Gasteiger partial charge in [0.15, 0.2) is 11.5 Å². The van der Waals surface area contributed by atoms with Gasteiger partial charge in [-0.05, 0) is 54.6 Å². The third-order valence-corrected chi connectivity index (χ3v) is 5.99. The predicted molar refractivity (Wildman–Crippen MR) is 128 cm³/mol. The normalized spacial score (nSPS) is 14.4. The maximum atomic E-state index is 12.8. The average Bonchev–Trinajstić information content (AvgIpc) is 3.02. The molecular formula is C23H19BrN2O5S. The Morgan fingerprint density at radius 3 is 2.62 bits per heavy atom. The number of carbonyl (C=O) groups excluding carboxylic acids is 3. The number of methoxy groups -OCH3 is 1. The Morgan fingerprint density at radius 1 is 1.25 bits per heavy atom. The van der Waals surface area contributed by atoms with Gasteiger partial charge >= 0.3 is 0 Å². The lowest BCUT2D eigenvalue weighted by molar-refractivity contribution is -0.127. The van der Waals surface area contributed by atoms with Crippen LogP contribution < -0.4 is 14.8 Å². The number of thioether (sulfide) groups is 1. The zero-order valence-electron chi connectivity index (χ0n) is 17.3. The molecule has 7 nitrogen and oxygen atoms in total. The number of hydrogen-bond donors (Lipinski definition) is 1. The van der Waals surface area contributed by atoms with Crippen LogP contribution in [-0.4, -0.2) is 42.2 Å². The third kappa shape index (κ3) is 5.52. The number of anilines is 1. The number of rotatable bonds is 7. The minimum atomic E-state index is -0.544. The summed E-state index contributed by atoms with van der Waals surface area (Å²) in [6.07, 6.45) is 6.78. The van der Waals surface area contributed by atoms with Gasteiger partial charge in [0.25, 0.3) is 11.1 Å². The highest BCUT2D eigenvalue weighted by Crippen LogP contribution is 2.38. The Balaban J connectivity index is 1.75. The van der Waals surface area contributed by atoms with Gasteiger partial charge in [-0.25, -0.2) is 0 Å². The number of carbonyl (C=O) groups is 3. The summed E-state index contributed by atoms with van der Waals surface area (Å²) < 4.78 is 11.4. The standard InChI is InChI=1S/C23H19BrN2O5S/c1-4-9-31-19-12-17(24)15(10-18(19)30-3)11-20-22(28)26(23(29)32-20)13-21(27)25-16-7-5-14(2)6-8-16/h1,5-8,10-12H,9,13H2,2-3H3,(H,25,27)/b20-11+. The molecule has 2 aromatic carbocycles. The number of imide groups is 1. The molecule has 0 unspecified atom stereocenters.